The van der Waals surface area contributed by atoms with Crippen molar-refractivity contribution >= 4 is 22.6 Å². The molecule has 0 radical (unpaired) electrons. The topological polar surface area (TPSA) is 63.0 Å². The SMILES string of the molecule is COc1ccc2c(C)c(CCC(=O)N3CCN(C)c4ccccc4C3)c(=O)oc2c1. The van der Waals surface area contributed by atoms with Gasteiger partial charge in [-0.2, -0.15) is 0 Å². The number of carbonyl (C=O) groups is 1. The molecule has 1 aliphatic rings. The van der Waals surface area contributed by atoms with Gasteiger partial charge in [0.1, 0.15) is 11.3 Å². The van der Waals surface area contributed by atoms with Gasteiger partial charge in [-0.1, -0.05) is 18.2 Å². The Morgan fingerprint density at radius 3 is 2.77 bits per heavy atom. The number of amides is 1. The summed E-state index contributed by atoms with van der Waals surface area (Å²) in [5.74, 6) is 0.688. The zero-order valence-electron chi connectivity index (χ0n) is 17.6. The molecule has 0 saturated carbocycles. The molecule has 6 heteroatoms. The van der Waals surface area contributed by atoms with Gasteiger partial charge in [-0.3, -0.25) is 4.79 Å². The maximum Gasteiger partial charge on any atom is 0.339 e. The van der Waals surface area contributed by atoms with E-state index in [4.69, 9.17) is 9.15 Å². The van der Waals surface area contributed by atoms with E-state index in [0.29, 0.717) is 36.4 Å². The molecule has 0 aliphatic carbocycles. The molecular weight excluding hydrogens is 380 g/mol. The van der Waals surface area contributed by atoms with Crippen molar-refractivity contribution in [3.8, 4) is 5.75 Å². The van der Waals surface area contributed by atoms with Crippen molar-refractivity contribution in [2.24, 2.45) is 0 Å². The van der Waals surface area contributed by atoms with Crippen molar-refractivity contribution in [3.05, 3.63) is 69.6 Å². The molecule has 1 aromatic heterocycles. The number of benzene rings is 2. The number of fused-ring (bicyclic) bond motifs is 2. The number of hydrogen-bond donors (Lipinski definition) is 0. The maximum atomic E-state index is 13.0. The molecule has 0 saturated heterocycles. The van der Waals surface area contributed by atoms with E-state index in [1.165, 1.54) is 0 Å². The molecule has 0 atom stereocenters. The number of anilines is 1. The van der Waals surface area contributed by atoms with E-state index in [1.54, 1.807) is 13.2 Å². The van der Waals surface area contributed by atoms with Gasteiger partial charge in [-0.25, -0.2) is 4.79 Å². The van der Waals surface area contributed by atoms with Crippen molar-refractivity contribution in [1.82, 2.24) is 4.90 Å². The molecule has 0 spiro atoms. The van der Waals surface area contributed by atoms with Gasteiger partial charge in [-0.05, 0) is 42.7 Å². The second kappa shape index (κ2) is 8.22. The van der Waals surface area contributed by atoms with Crippen molar-refractivity contribution < 1.29 is 13.9 Å². The second-order valence-electron chi connectivity index (χ2n) is 7.72. The first kappa shape index (κ1) is 20.0. The van der Waals surface area contributed by atoms with Crippen LogP contribution in [0.2, 0.25) is 0 Å². The third kappa shape index (κ3) is 3.77. The van der Waals surface area contributed by atoms with Gasteiger partial charge in [0, 0.05) is 55.8 Å². The van der Waals surface area contributed by atoms with E-state index in [-0.39, 0.29) is 18.0 Å². The third-order valence-electron chi connectivity index (χ3n) is 5.91. The van der Waals surface area contributed by atoms with Crippen LogP contribution in [0.3, 0.4) is 0 Å². The van der Waals surface area contributed by atoms with Crippen molar-refractivity contribution in [2.45, 2.75) is 26.3 Å². The van der Waals surface area contributed by atoms with E-state index in [2.05, 4.69) is 17.0 Å². The van der Waals surface area contributed by atoms with Gasteiger partial charge in [0.15, 0.2) is 0 Å². The molecular formula is C24H26N2O4. The van der Waals surface area contributed by atoms with Gasteiger partial charge >= 0.3 is 5.63 Å². The highest BCUT2D eigenvalue weighted by Gasteiger charge is 2.22. The molecule has 0 bridgehead atoms. The average Bonchev–Trinajstić information content (AvgIpc) is 2.92. The lowest BCUT2D eigenvalue weighted by Crippen LogP contribution is -2.34. The first-order valence-corrected chi connectivity index (χ1v) is 10.1. The van der Waals surface area contributed by atoms with Gasteiger partial charge in [0.05, 0.1) is 7.11 Å². The zero-order chi connectivity index (χ0) is 21.3. The Morgan fingerprint density at radius 1 is 1.17 bits per heavy atom. The average molecular weight is 406 g/mol. The Balaban J connectivity index is 1.53. The summed E-state index contributed by atoms with van der Waals surface area (Å²) in [5.41, 5.74) is 3.84. The van der Waals surface area contributed by atoms with E-state index in [9.17, 15) is 9.59 Å². The summed E-state index contributed by atoms with van der Waals surface area (Å²) in [6.45, 7) is 3.93. The van der Waals surface area contributed by atoms with Crippen LogP contribution in [-0.2, 0) is 17.8 Å². The van der Waals surface area contributed by atoms with Crippen LogP contribution < -0.4 is 15.3 Å². The van der Waals surface area contributed by atoms with Crippen LogP contribution in [0.1, 0.15) is 23.1 Å². The largest absolute Gasteiger partial charge is 0.497 e. The van der Waals surface area contributed by atoms with Gasteiger partial charge in [-0.15, -0.1) is 0 Å². The van der Waals surface area contributed by atoms with Crippen LogP contribution in [0.25, 0.3) is 11.0 Å². The van der Waals surface area contributed by atoms with E-state index in [1.807, 2.05) is 43.1 Å². The van der Waals surface area contributed by atoms with Gasteiger partial charge < -0.3 is 19.0 Å². The fraction of sp³-hybridized carbons (Fsp3) is 0.333. The number of methoxy groups -OCH3 is 1. The lowest BCUT2D eigenvalue weighted by atomic mass is 10.0. The Hall–Kier alpha value is -3.28. The molecule has 30 heavy (non-hydrogen) atoms. The van der Waals surface area contributed by atoms with Gasteiger partial charge in [0.25, 0.3) is 0 Å². The Morgan fingerprint density at radius 2 is 1.97 bits per heavy atom. The Labute approximate surface area is 175 Å². The third-order valence-corrected chi connectivity index (χ3v) is 5.91. The van der Waals surface area contributed by atoms with Gasteiger partial charge in [0.2, 0.25) is 5.91 Å². The number of ether oxygens (including phenoxy) is 1. The monoisotopic (exact) mass is 406 g/mol. The van der Waals surface area contributed by atoms with Crippen LogP contribution in [-0.4, -0.2) is 38.1 Å². The van der Waals surface area contributed by atoms with Crippen LogP contribution >= 0.6 is 0 Å². The molecule has 1 aliphatic heterocycles. The fourth-order valence-electron chi connectivity index (χ4n) is 4.09. The molecule has 6 nitrogen and oxygen atoms in total. The molecule has 1 amide bonds. The van der Waals surface area contributed by atoms with Crippen LogP contribution in [0, 0.1) is 6.92 Å². The van der Waals surface area contributed by atoms with Crippen LogP contribution in [0.5, 0.6) is 5.75 Å². The number of hydrogen-bond acceptors (Lipinski definition) is 5. The fourth-order valence-corrected chi connectivity index (χ4v) is 4.09. The van der Waals surface area contributed by atoms with Crippen molar-refractivity contribution in [1.29, 1.82) is 0 Å². The first-order valence-electron chi connectivity index (χ1n) is 10.1. The summed E-state index contributed by atoms with van der Waals surface area (Å²) in [6.07, 6.45) is 0.641. The number of carbonyl (C=O) groups excluding carboxylic acids is 1. The number of aryl methyl sites for hydroxylation is 1. The van der Waals surface area contributed by atoms with E-state index in [0.717, 1.165) is 28.7 Å². The van der Waals surface area contributed by atoms with E-state index < -0.39 is 0 Å². The smallest absolute Gasteiger partial charge is 0.339 e. The molecule has 0 unspecified atom stereocenters. The minimum Gasteiger partial charge on any atom is -0.497 e. The molecule has 0 fully saturated rings. The van der Waals surface area contributed by atoms with Crippen LogP contribution in [0.4, 0.5) is 5.69 Å². The standard InChI is InChI=1S/C24H26N2O4/c1-16-19-9-8-18(29-3)14-22(19)30-24(28)20(16)10-11-23(27)26-13-12-25(2)21-7-5-4-6-17(21)15-26/h4-9,14H,10-13,15H2,1-3H3. The summed E-state index contributed by atoms with van der Waals surface area (Å²) >= 11 is 0. The Kier molecular flexibility index (Phi) is 5.48. The molecule has 0 N–H and O–H groups in total. The predicted molar refractivity (Wildman–Crippen MR) is 117 cm³/mol. The lowest BCUT2D eigenvalue weighted by molar-refractivity contribution is -0.131. The highest BCUT2D eigenvalue weighted by Crippen LogP contribution is 2.26. The first-order chi connectivity index (χ1) is 14.5. The predicted octanol–water partition coefficient (Wildman–Crippen LogP) is 3.52. The number of para-hydroxylation sites is 1. The lowest BCUT2D eigenvalue weighted by Gasteiger charge is -2.21. The minimum absolute atomic E-state index is 0.0498. The summed E-state index contributed by atoms with van der Waals surface area (Å²) in [5, 5.41) is 0.864. The molecule has 2 heterocycles. The number of likely N-dealkylation sites (N-methyl/N-ethyl adjacent to an activating group) is 1. The highest BCUT2D eigenvalue weighted by atomic mass is 16.5. The summed E-state index contributed by atoms with van der Waals surface area (Å²) in [7, 11) is 3.62. The summed E-state index contributed by atoms with van der Waals surface area (Å²) in [4.78, 5) is 29.6. The second-order valence-corrected chi connectivity index (χ2v) is 7.72. The maximum absolute atomic E-state index is 13.0. The normalized spacial score (nSPS) is 13.8. The zero-order valence-corrected chi connectivity index (χ0v) is 17.6. The minimum atomic E-state index is -0.387. The van der Waals surface area contributed by atoms with Crippen molar-refractivity contribution in [2.75, 3.05) is 32.1 Å². The number of rotatable bonds is 4. The molecule has 3 aromatic rings. The Bertz CT molecular complexity index is 1150. The molecule has 2 aromatic carbocycles. The van der Waals surface area contributed by atoms with Crippen LogP contribution in [0.15, 0.2) is 51.7 Å². The highest BCUT2D eigenvalue weighted by molar-refractivity contribution is 5.83. The van der Waals surface area contributed by atoms with E-state index >= 15 is 0 Å². The number of nitrogens with zero attached hydrogens (tertiary/aromatic N) is 2. The summed E-state index contributed by atoms with van der Waals surface area (Å²) in [6, 6.07) is 13.6. The summed E-state index contributed by atoms with van der Waals surface area (Å²) < 4.78 is 10.7. The molecule has 156 valence electrons. The quantitative estimate of drug-likeness (QED) is 0.621. The molecule has 4 rings (SSSR count). The van der Waals surface area contributed by atoms with Crippen molar-refractivity contribution in [3.63, 3.8) is 0 Å².